The molecule has 0 saturated heterocycles. The fraction of sp³-hybridized carbons (Fsp3) is 0. The Morgan fingerprint density at radius 3 is 1.26 bits per heavy atom. The van der Waals surface area contributed by atoms with Crippen molar-refractivity contribution in [3.63, 3.8) is 0 Å². The lowest BCUT2D eigenvalue weighted by Crippen LogP contribution is -2.11. The number of carbonyl (C=O) groups is 1. The number of fused-ring (bicyclic) bond motifs is 2. The van der Waals surface area contributed by atoms with Gasteiger partial charge in [0.2, 0.25) is 11.6 Å². The molecule has 4 heteroatoms. The van der Waals surface area contributed by atoms with Crippen molar-refractivity contribution in [1.82, 2.24) is 15.0 Å². The van der Waals surface area contributed by atoms with Gasteiger partial charge in [0.25, 0.3) is 0 Å². The molecular weight excluding hydrogens is 562 g/mol. The van der Waals surface area contributed by atoms with Crippen molar-refractivity contribution in [3.8, 4) is 45.0 Å². The van der Waals surface area contributed by atoms with Crippen LogP contribution in [-0.2, 0) is 0 Å². The molecule has 0 radical (unpaired) electrons. The monoisotopic (exact) mass is 589 g/mol. The number of aromatic nitrogens is 3. The molecular formula is C42H27N3O. The number of benzene rings is 7. The molecule has 216 valence electrons. The lowest BCUT2D eigenvalue weighted by Gasteiger charge is -2.12. The summed E-state index contributed by atoms with van der Waals surface area (Å²) in [6, 6.07) is 54.8. The summed E-state index contributed by atoms with van der Waals surface area (Å²) in [6.45, 7) is 0. The van der Waals surface area contributed by atoms with Crippen molar-refractivity contribution in [2.75, 3.05) is 0 Å². The highest BCUT2D eigenvalue weighted by Gasteiger charge is 2.20. The molecule has 1 aromatic heterocycles. The quantitative estimate of drug-likeness (QED) is 0.181. The molecule has 0 atom stereocenters. The molecule has 4 nitrogen and oxygen atoms in total. The molecule has 0 N–H and O–H groups in total. The second-order valence-corrected chi connectivity index (χ2v) is 11.3. The van der Waals surface area contributed by atoms with Crippen LogP contribution < -0.4 is 0 Å². The lowest BCUT2D eigenvalue weighted by atomic mass is 9.94. The largest absolute Gasteiger partial charge is 0.285 e. The highest BCUT2D eigenvalue weighted by Crippen LogP contribution is 2.31. The highest BCUT2D eigenvalue weighted by molar-refractivity contribution is 6.08. The molecule has 0 fully saturated rings. The summed E-state index contributed by atoms with van der Waals surface area (Å²) in [7, 11) is 0. The van der Waals surface area contributed by atoms with Gasteiger partial charge in [0.1, 0.15) is 0 Å². The van der Waals surface area contributed by atoms with Crippen LogP contribution >= 0.6 is 0 Å². The molecule has 7 aromatic carbocycles. The lowest BCUT2D eigenvalue weighted by molar-refractivity contribution is 0.102. The van der Waals surface area contributed by atoms with E-state index in [2.05, 4.69) is 78.9 Å². The van der Waals surface area contributed by atoms with Crippen LogP contribution in [0.5, 0.6) is 0 Å². The van der Waals surface area contributed by atoms with E-state index in [-0.39, 0.29) is 11.6 Å². The molecule has 0 aliphatic heterocycles. The predicted molar refractivity (Wildman–Crippen MR) is 186 cm³/mol. The van der Waals surface area contributed by atoms with Gasteiger partial charge in [0, 0.05) is 16.7 Å². The Morgan fingerprint density at radius 2 is 0.783 bits per heavy atom. The van der Waals surface area contributed by atoms with E-state index in [1.807, 2.05) is 84.9 Å². The maximum absolute atomic E-state index is 14.5. The van der Waals surface area contributed by atoms with Gasteiger partial charge < -0.3 is 0 Å². The molecule has 0 aliphatic carbocycles. The van der Waals surface area contributed by atoms with Crippen LogP contribution in [0.4, 0.5) is 0 Å². The normalized spacial score (nSPS) is 11.1. The van der Waals surface area contributed by atoms with E-state index >= 15 is 0 Å². The minimum Gasteiger partial charge on any atom is -0.285 e. The first-order chi connectivity index (χ1) is 22.7. The second-order valence-electron chi connectivity index (χ2n) is 11.3. The third kappa shape index (κ3) is 5.33. The van der Waals surface area contributed by atoms with Crippen molar-refractivity contribution < 1.29 is 4.79 Å². The molecule has 0 unspecified atom stereocenters. The van der Waals surface area contributed by atoms with E-state index < -0.39 is 0 Å². The average molecular weight is 590 g/mol. The molecule has 1 heterocycles. The van der Waals surface area contributed by atoms with Crippen LogP contribution in [0.1, 0.15) is 16.2 Å². The van der Waals surface area contributed by atoms with Gasteiger partial charge >= 0.3 is 0 Å². The third-order valence-electron chi connectivity index (χ3n) is 8.26. The Bertz CT molecular complexity index is 2230. The number of rotatable bonds is 6. The Balaban J connectivity index is 1.31. The first kappa shape index (κ1) is 27.3. The smallest absolute Gasteiger partial charge is 0.230 e. The van der Waals surface area contributed by atoms with Gasteiger partial charge in [0.15, 0.2) is 11.6 Å². The summed E-state index contributed by atoms with van der Waals surface area (Å²) in [4.78, 5) is 29.0. The zero-order valence-electron chi connectivity index (χ0n) is 24.8. The first-order valence-corrected chi connectivity index (χ1v) is 15.2. The molecule has 0 saturated carbocycles. The van der Waals surface area contributed by atoms with E-state index in [4.69, 9.17) is 15.0 Å². The minimum atomic E-state index is -0.263. The first-order valence-electron chi connectivity index (χ1n) is 15.2. The summed E-state index contributed by atoms with van der Waals surface area (Å²) in [5.41, 5.74) is 6.10. The van der Waals surface area contributed by atoms with Gasteiger partial charge in [-0.2, -0.15) is 0 Å². The van der Waals surface area contributed by atoms with Gasteiger partial charge in [-0.05, 0) is 74.1 Å². The van der Waals surface area contributed by atoms with E-state index in [0.717, 1.165) is 54.9 Å². The van der Waals surface area contributed by atoms with Gasteiger partial charge in [-0.15, -0.1) is 0 Å². The Kier molecular flexibility index (Phi) is 6.93. The molecule has 46 heavy (non-hydrogen) atoms. The summed E-state index contributed by atoms with van der Waals surface area (Å²) in [6.07, 6.45) is 0. The maximum atomic E-state index is 14.5. The maximum Gasteiger partial charge on any atom is 0.230 e. The van der Waals surface area contributed by atoms with E-state index in [0.29, 0.717) is 17.2 Å². The highest BCUT2D eigenvalue weighted by atomic mass is 16.1. The van der Waals surface area contributed by atoms with Crippen LogP contribution in [0, 0.1) is 0 Å². The van der Waals surface area contributed by atoms with E-state index in [9.17, 15) is 4.79 Å². The Morgan fingerprint density at radius 1 is 0.348 bits per heavy atom. The average Bonchev–Trinajstić information content (AvgIpc) is 3.14. The van der Waals surface area contributed by atoms with Crippen molar-refractivity contribution in [1.29, 1.82) is 0 Å². The molecule has 0 bridgehead atoms. The fourth-order valence-electron chi connectivity index (χ4n) is 5.87. The number of hydrogen-bond acceptors (Lipinski definition) is 4. The summed E-state index contributed by atoms with van der Waals surface area (Å²) >= 11 is 0. The van der Waals surface area contributed by atoms with Crippen LogP contribution in [0.15, 0.2) is 164 Å². The van der Waals surface area contributed by atoms with Gasteiger partial charge in [-0.1, -0.05) is 133 Å². The van der Waals surface area contributed by atoms with E-state index in [1.165, 1.54) is 0 Å². The predicted octanol–water partition coefficient (Wildman–Crippen LogP) is 10.1. The fourth-order valence-corrected chi connectivity index (χ4v) is 5.87. The molecule has 0 aliphatic rings. The van der Waals surface area contributed by atoms with E-state index in [1.54, 1.807) is 0 Å². The van der Waals surface area contributed by atoms with Gasteiger partial charge in [-0.25, -0.2) is 15.0 Å². The van der Waals surface area contributed by atoms with Crippen LogP contribution in [0.2, 0.25) is 0 Å². The van der Waals surface area contributed by atoms with Crippen LogP contribution in [0.25, 0.3) is 66.6 Å². The number of carbonyl (C=O) groups excluding carboxylic acids is 1. The Labute approximate surface area is 266 Å². The third-order valence-corrected chi connectivity index (χ3v) is 8.26. The SMILES string of the molecule is O=C(c1cc(-c2ccccc2)cc(-c2ccccc2)c1)c1nc(-c2ccc3ccccc3c2)nc(-c2ccc3ccccc3c2)n1. The number of hydrogen-bond donors (Lipinski definition) is 0. The van der Waals surface area contributed by atoms with Crippen LogP contribution in [-0.4, -0.2) is 20.7 Å². The standard InChI is InChI=1S/C42H27N3O/c46-39(38-26-36(28-11-3-1-4-12-28)25-37(27-38)29-13-5-2-6-14-29)42-44-40(34-21-19-30-15-7-9-17-32(30)23-34)43-41(45-42)35-22-20-31-16-8-10-18-33(31)24-35/h1-27H. The van der Waals surface area contributed by atoms with Crippen molar-refractivity contribution in [3.05, 3.63) is 175 Å². The zero-order chi connectivity index (χ0) is 30.9. The number of ketones is 1. The van der Waals surface area contributed by atoms with Gasteiger partial charge in [0.05, 0.1) is 0 Å². The summed E-state index contributed by atoms with van der Waals surface area (Å²) < 4.78 is 0. The minimum absolute atomic E-state index is 0.102. The van der Waals surface area contributed by atoms with Crippen molar-refractivity contribution >= 4 is 27.3 Å². The van der Waals surface area contributed by atoms with Crippen molar-refractivity contribution in [2.45, 2.75) is 0 Å². The molecule has 0 amide bonds. The molecule has 0 spiro atoms. The zero-order valence-corrected chi connectivity index (χ0v) is 24.8. The Hall–Kier alpha value is -6.26. The molecule has 8 aromatic rings. The van der Waals surface area contributed by atoms with Crippen molar-refractivity contribution in [2.24, 2.45) is 0 Å². The number of nitrogens with zero attached hydrogens (tertiary/aromatic N) is 3. The summed E-state index contributed by atoms with van der Waals surface area (Å²) in [5.74, 6) is 0.747. The van der Waals surface area contributed by atoms with Gasteiger partial charge in [-0.3, -0.25) is 4.79 Å². The molecule has 8 rings (SSSR count). The summed E-state index contributed by atoms with van der Waals surface area (Å²) in [5, 5.41) is 4.39. The second kappa shape index (κ2) is 11.7. The topological polar surface area (TPSA) is 55.7 Å². The van der Waals surface area contributed by atoms with Crippen LogP contribution in [0.3, 0.4) is 0 Å².